The van der Waals surface area contributed by atoms with Crippen molar-refractivity contribution in [2.75, 3.05) is 20.5 Å². The molecule has 0 saturated carbocycles. The van der Waals surface area contributed by atoms with Gasteiger partial charge in [-0.05, 0) is 43.2 Å². The van der Waals surface area contributed by atoms with Crippen LogP contribution in [0, 0.1) is 5.92 Å². The minimum atomic E-state index is 0.512. The molecule has 4 heteroatoms. The first kappa shape index (κ1) is 17.2. The van der Waals surface area contributed by atoms with Crippen molar-refractivity contribution in [2.24, 2.45) is 5.92 Å². The number of benzene rings is 1. The molecule has 3 nitrogen and oxygen atoms in total. The van der Waals surface area contributed by atoms with Crippen molar-refractivity contribution in [1.29, 1.82) is 0 Å². The lowest BCUT2D eigenvalue weighted by molar-refractivity contribution is 0.353. The zero-order chi connectivity index (χ0) is 15.1. The highest BCUT2D eigenvalue weighted by Crippen LogP contribution is 2.34. The third-order valence-corrected chi connectivity index (χ3v) is 4.07. The van der Waals surface area contributed by atoms with Crippen LogP contribution in [-0.2, 0) is 6.54 Å². The zero-order valence-electron chi connectivity index (χ0n) is 13.4. The molecular weight excluding hydrogens is 270 g/mol. The van der Waals surface area contributed by atoms with E-state index in [-0.39, 0.29) is 0 Å². The second kappa shape index (κ2) is 8.42. The molecule has 0 fully saturated rings. The Bertz CT molecular complexity index is 421. The Morgan fingerprint density at radius 1 is 1.10 bits per heavy atom. The van der Waals surface area contributed by atoms with Gasteiger partial charge in [0.2, 0.25) is 0 Å². The Morgan fingerprint density at radius 2 is 1.70 bits per heavy atom. The molecule has 1 aromatic carbocycles. The van der Waals surface area contributed by atoms with Gasteiger partial charge in [0.25, 0.3) is 0 Å². The molecule has 0 radical (unpaired) electrons. The fourth-order valence-electron chi connectivity index (χ4n) is 2.31. The highest BCUT2D eigenvalue weighted by molar-refractivity contribution is 7.98. The number of ether oxygens (including phenoxy) is 2. The molecule has 1 rings (SSSR count). The summed E-state index contributed by atoms with van der Waals surface area (Å²) in [5, 5.41) is 3.58. The standard InChI is InChI=1S/C16H27NO2S/c1-11(2)7-12(3)17-10-13-8-14(18-4)15(19-5)9-16(13)20-6/h8-9,11-12,17H,7,10H2,1-6H3. The van der Waals surface area contributed by atoms with Gasteiger partial charge in [-0.25, -0.2) is 0 Å². The van der Waals surface area contributed by atoms with Gasteiger partial charge in [-0.1, -0.05) is 13.8 Å². The lowest BCUT2D eigenvalue weighted by Gasteiger charge is -2.18. The van der Waals surface area contributed by atoms with Crippen molar-refractivity contribution in [3.05, 3.63) is 17.7 Å². The van der Waals surface area contributed by atoms with Gasteiger partial charge in [0.05, 0.1) is 14.2 Å². The van der Waals surface area contributed by atoms with Gasteiger partial charge >= 0.3 is 0 Å². The molecular formula is C16H27NO2S. The topological polar surface area (TPSA) is 30.5 Å². The Kier molecular flexibility index (Phi) is 7.24. The minimum Gasteiger partial charge on any atom is -0.493 e. The quantitative estimate of drug-likeness (QED) is 0.736. The molecule has 0 saturated heterocycles. The molecule has 0 aromatic heterocycles. The molecule has 0 bridgehead atoms. The lowest BCUT2D eigenvalue weighted by Crippen LogP contribution is -2.27. The highest BCUT2D eigenvalue weighted by Gasteiger charge is 2.12. The van der Waals surface area contributed by atoms with E-state index in [9.17, 15) is 0 Å². The Balaban J connectivity index is 2.82. The molecule has 0 aliphatic carbocycles. The van der Waals surface area contributed by atoms with Crippen LogP contribution in [0.25, 0.3) is 0 Å². The van der Waals surface area contributed by atoms with Crippen LogP contribution in [0.1, 0.15) is 32.8 Å². The van der Waals surface area contributed by atoms with Crippen molar-refractivity contribution >= 4 is 11.8 Å². The molecule has 1 atom stereocenters. The van der Waals surface area contributed by atoms with E-state index in [1.54, 1.807) is 26.0 Å². The summed E-state index contributed by atoms with van der Waals surface area (Å²) in [6.45, 7) is 7.59. The first-order chi connectivity index (χ1) is 9.51. The van der Waals surface area contributed by atoms with Crippen molar-refractivity contribution in [2.45, 2.75) is 44.7 Å². The molecule has 0 amide bonds. The normalized spacial score (nSPS) is 12.6. The van der Waals surface area contributed by atoms with Gasteiger partial charge in [0, 0.05) is 17.5 Å². The molecule has 114 valence electrons. The number of hydrogen-bond donors (Lipinski definition) is 1. The highest BCUT2D eigenvalue weighted by atomic mass is 32.2. The first-order valence-electron chi connectivity index (χ1n) is 7.04. The Morgan fingerprint density at radius 3 is 2.20 bits per heavy atom. The summed E-state index contributed by atoms with van der Waals surface area (Å²) in [5.41, 5.74) is 1.26. The fraction of sp³-hybridized carbons (Fsp3) is 0.625. The van der Waals surface area contributed by atoms with Crippen LogP contribution < -0.4 is 14.8 Å². The van der Waals surface area contributed by atoms with Crippen LogP contribution in [0.2, 0.25) is 0 Å². The van der Waals surface area contributed by atoms with E-state index in [2.05, 4.69) is 38.4 Å². The largest absolute Gasteiger partial charge is 0.493 e. The monoisotopic (exact) mass is 297 g/mol. The van der Waals surface area contributed by atoms with Gasteiger partial charge in [0.15, 0.2) is 11.5 Å². The third kappa shape index (κ3) is 4.91. The summed E-state index contributed by atoms with van der Waals surface area (Å²) < 4.78 is 10.7. The van der Waals surface area contributed by atoms with Crippen molar-refractivity contribution in [3.63, 3.8) is 0 Å². The van der Waals surface area contributed by atoms with E-state index in [1.165, 1.54) is 16.9 Å². The number of nitrogens with one attached hydrogen (secondary N) is 1. The second-order valence-corrected chi connectivity index (χ2v) is 6.28. The van der Waals surface area contributed by atoms with E-state index in [1.807, 2.05) is 6.07 Å². The summed E-state index contributed by atoms with van der Waals surface area (Å²) in [4.78, 5) is 1.23. The first-order valence-corrected chi connectivity index (χ1v) is 8.26. The van der Waals surface area contributed by atoms with Crippen LogP contribution in [-0.4, -0.2) is 26.5 Å². The molecule has 1 N–H and O–H groups in total. The minimum absolute atomic E-state index is 0.512. The molecule has 1 aromatic rings. The van der Waals surface area contributed by atoms with Crippen molar-refractivity contribution in [3.8, 4) is 11.5 Å². The van der Waals surface area contributed by atoms with E-state index < -0.39 is 0 Å². The van der Waals surface area contributed by atoms with E-state index >= 15 is 0 Å². The number of hydrogen-bond acceptors (Lipinski definition) is 4. The maximum atomic E-state index is 5.39. The molecule has 0 spiro atoms. The maximum Gasteiger partial charge on any atom is 0.161 e. The molecule has 1 unspecified atom stereocenters. The number of thioether (sulfide) groups is 1. The molecule has 20 heavy (non-hydrogen) atoms. The van der Waals surface area contributed by atoms with Gasteiger partial charge in [-0.3, -0.25) is 0 Å². The summed E-state index contributed by atoms with van der Waals surface area (Å²) in [6.07, 6.45) is 3.27. The van der Waals surface area contributed by atoms with Gasteiger partial charge in [-0.15, -0.1) is 11.8 Å². The number of rotatable bonds is 8. The third-order valence-electron chi connectivity index (χ3n) is 3.25. The maximum absolute atomic E-state index is 5.39. The molecule has 0 aliphatic rings. The molecule has 0 heterocycles. The van der Waals surface area contributed by atoms with Crippen molar-refractivity contribution in [1.82, 2.24) is 5.32 Å². The van der Waals surface area contributed by atoms with Crippen LogP contribution in [0.3, 0.4) is 0 Å². The van der Waals surface area contributed by atoms with Crippen LogP contribution in [0.15, 0.2) is 17.0 Å². The van der Waals surface area contributed by atoms with E-state index in [0.29, 0.717) is 12.0 Å². The average molecular weight is 297 g/mol. The van der Waals surface area contributed by atoms with Gasteiger partial charge in [0.1, 0.15) is 0 Å². The number of methoxy groups -OCH3 is 2. The van der Waals surface area contributed by atoms with Crippen LogP contribution >= 0.6 is 11.8 Å². The van der Waals surface area contributed by atoms with Gasteiger partial charge < -0.3 is 14.8 Å². The average Bonchev–Trinajstić information content (AvgIpc) is 2.43. The smallest absolute Gasteiger partial charge is 0.161 e. The lowest BCUT2D eigenvalue weighted by atomic mass is 10.0. The predicted octanol–water partition coefficient (Wildman–Crippen LogP) is 3.95. The summed E-state index contributed by atoms with van der Waals surface area (Å²) in [5.74, 6) is 2.29. The summed E-state index contributed by atoms with van der Waals surface area (Å²) in [7, 11) is 3.35. The van der Waals surface area contributed by atoms with E-state index in [0.717, 1.165) is 18.0 Å². The van der Waals surface area contributed by atoms with Gasteiger partial charge in [-0.2, -0.15) is 0 Å². The predicted molar refractivity (Wildman–Crippen MR) is 87.1 cm³/mol. The SMILES string of the molecule is COc1cc(CNC(C)CC(C)C)c(SC)cc1OC. The Labute approximate surface area is 127 Å². The van der Waals surface area contributed by atoms with Crippen LogP contribution in [0.4, 0.5) is 0 Å². The Hall–Kier alpha value is -0.870. The zero-order valence-corrected chi connectivity index (χ0v) is 14.3. The second-order valence-electron chi connectivity index (χ2n) is 5.43. The summed E-state index contributed by atoms with van der Waals surface area (Å²) >= 11 is 1.73. The van der Waals surface area contributed by atoms with Crippen LogP contribution in [0.5, 0.6) is 11.5 Å². The molecule has 0 aliphatic heterocycles. The fourth-order valence-corrected chi connectivity index (χ4v) is 2.92. The summed E-state index contributed by atoms with van der Waals surface area (Å²) in [6, 6.07) is 4.63. The van der Waals surface area contributed by atoms with E-state index in [4.69, 9.17) is 9.47 Å². The van der Waals surface area contributed by atoms with Crippen molar-refractivity contribution < 1.29 is 9.47 Å².